The quantitative estimate of drug-likeness (QED) is 0.561. The van der Waals surface area contributed by atoms with Gasteiger partial charge in [0.15, 0.2) is 0 Å². The van der Waals surface area contributed by atoms with Gasteiger partial charge in [0.2, 0.25) is 0 Å². The van der Waals surface area contributed by atoms with Gasteiger partial charge in [-0.1, -0.05) is 50.8 Å². The molecule has 1 heteroatoms. The summed E-state index contributed by atoms with van der Waals surface area (Å²) < 4.78 is 12.8. The summed E-state index contributed by atoms with van der Waals surface area (Å²) in [5.41, 5.74) is 0.887. The summed E-state index contributed by atoms with van der Waals surface area (Å²) in [6, 6.07) is 0. The lowest BCUT2D eigenvalue weighted by Crippen LogP contribution is -2.05. The zero-order valence-corrected chi connectivity index (χ0v) is 9.47. The Morgan fingerprint density at radius 1 is 1.27 bits per heavy atom. The van der Waals surface area contributed by atoms with Crippen LogP contribution in [0.15, 0.2) is 36.7 Å². The molecule has 1 aliphatic rings. The fourth-order valence-corrected chi connectivity index (χ4v) is 2.19. The van der Waals surface area contributed by atoms with Crippen LogP contribution in [-0.4, -0.2) is 0 Å². The predicted molar refractivity (Wildman–Crippen MR) is 64.3 cm³/mol. The zero-order valence-electron chi connectivity index (χ0n) is 9.47. The molecule has 0 heterocycles. The van der Waals surface area contributed by atoms with E-state index in [-0.39, 0.29) is 5.83 Å². The maximum Gasteiger partial charge on any atom is 0.122 e. The summed E-state index contributed by atoms with van der Waals surface area (Å²) in [6.07, 6.45) is 11.6. The van der Waals surface area contributed by atoms with Crippen molar-refractivity contribution in [2.75, 3.05) is 0 Å². The van der Waals surface area contributed by atoms with E-state index in [1.807, 2.05) is 0 Å². The van der Waals surface area contributed by atoms with Crippen molar-refractivity contribution in [3.8, 4) is 0 Å². The highest BCUT2D eigenvalue weighted by Crippen LogP contribution is 2.28. The van der Waals surface area contributed by atoms with E-state index in [1.165, 1.54) is 50.7 Å². The monoisotopic (exact) mass is 208 g/mol. The average Bonchev–Trinajstić information content (AvgIpc) is 2.27. The van der Waals surface area contributed by atoms with Crippen LogP contribution in [0.4, 0.5) is 4.39 Å². The van der Waals surface area contributed by atoms with Crippen LogP contribution in [0.25, 0.3) is 0 Å². The van der Waals surface area contributed by atoms with Gasteiger partial charge in [-0.2, -0.15) is 0 Å². The fourth-order valence-electron chi connectivity index (χ4n) is 2.19. The van der Waals surface area contributed by atoms with Gasteiger partial charge in [0.1, 0.15) is 5.83 Å². The van der Waals surface area contributed by atoms with Crippen molar-refractivity contribution in [2.45, 2.75) is 44.9 Å². The van der Waals surface area contributed by atoms with Crippen LogP contribution in [-0.2, 0) is 0 Å². The maximum atomic E-state index is 12.8. The van der Waals surface area contributed by atoms with Crippen molar-refractivity contribution in [3.63, 3.8) is 0 Å². The minimum atomic E-state index is -0.274. The standard InChI is InChI=1S/C14H21F/c1-3-14(15)11-12(2)9-10-13-7-5-4-6-8-13/h3,11,13H,1-2,4-10H2/b14-11+. The zero-order chi connectivity index (χ0) is 11.1. The number of rotatable bonds is 5. The lowest BCUT2D eigenvalue weighted by atomic mass is 9.85. The third-order valence-electron chi connectivity index (χ3n) is 3.14. The Balaban J connectivity index is 2.23. The lowest BCUT2D eigenvalue weighted by molar-refractivity contribution is 0.339. The molecule has 0 radical (unpaired) electrons. The number of hydrogen-bond donors (Lipinski definition) is 0. The van der Waals surface area contributed by atoms with Crippen molar-refractivity contribution in [1.29, 1.82) is 0 Å². The highest BCUT2D eigenvalue weighted by Gasteiger charge is 2.12. The molecule has 1 saturated carbocycles. The summed E-state index contributed by atoms with van der Waals surface area (Å²) in [6.45, 7) is 7.24. The fraction of sp³-hybridized carbons (Fsp3) is 0.571. The summed E-state index contributed by atoms with van der Waals surface area (Å²) in [7, 11) is 0. The second kappa shape index (κ2) is 6.60. The molecule has 1 aliphatic carbocycles. The topological polar surface area (TPSA) is 0 Å². The molecule has 15 heavy (non-hydrogen) atoms. The van der Waals surface area contributed by atoms with Crippen molar-refractivity contribution in [1.82, 2.24) is 0 Å². The first-order chi connectivity index (χ1) is 7.22. The molecule has 0 aromatic carbocycles. The van der Waals surface area contributed by atoms with Crippen LogP contribution in [0.2, 0.25) is 0 Å². The molecule has 0 N–H and O–H groups in total. The van der Waals surface area contributed by atoms with Crippen LogP contribution in [0.5, 0.6) is 0 Å². The smallest absolute Gasteiger partial charge is 0.122 e. The first kappa shape index (κ1) is 12.2. The predicted octanol–water partition coefficient (Wildman–Crippen LogP) is 4.94. The van der Waals surface area contributed by atoms with Gasteiger partial charge in [0.25, 0.3) is 0 Å². The van der Waals surface area contributed by atoms with Gasteiger partial charge in [-0.05, 0) is 30.9 Å². The number of allylic oxidation sites excluding steroid dienone is 4. The molecule has 0 nitrogen and oxygen atoms in total. The molecule has 0 aromatic rings. The van der Waals surface area contributed by atoms with E-state index in [4.69, 9.17) is 0 Å². The van der Waals surface area contributed by atoms with Crippen LogP contribution < -0.4 is 0 Å². The Morgan fingerprint density at radius 2 is 1.93 bits per heavy atom. The second-order valence-electron chi connectivity index (χ2n) is 4.43. The van der Waals surface area contributed by atoms with Crippen LogP contribution in [0, 0.1) is 5.92 Å². The van der Waals surface area contributed by atoms with E-state index in [2.05, 4.69) is 13.2 Å². The molecule has 0 bridgehead atoms. The van der Waals surface area contributed by atoms with Gasteiger partial charge in [-0.15, -0.1) is 0 Å². The molecule has 84 valence electrons. The highest BCUT2D eigenvalue weighted by atomic mass is 19.1. The Bertz CT molecular complexity index is 244. The third kappa shape index (κ3) is 4.96. The molecule has 0 atom stereocenters. The maximum absolute atomic E-state index is 12.8. The van der Waals surface area contributed by atoms with Crippen molar-refractivity contribution < 1.29 is 4.39 Å². The summed E-state index contributed by atoms with van der Waals surface area (Å²) in [5, 5.41) is 0. The second-order valence-corrected chi connectivity index (χ2v) is 4.43. The molecule has 0 aliphatic heterocycles. The van der Waals surface area contributed by atoms with Crippen LogP contribution in [0.1, 0.15) is 44.9 Å². The molecule has 0 aromatic heterocycles. The Labute approximate surface area is 92.6 Å². The van der Waals surface area contributed by atoms with E-state index < -0.39 is 0 Å². The van der Waals surface area contributed by atoms with Crippen molar-refractivity contribution in [2.24, 2.45) is 5.92 Å². The largest absolute Gasteiger partial charge is 0.207 e. The van der Waals surface area contributed by atoms with E-state index in [1.54, 1.807) is 0 Å². The van der Waals surface area contributed by atoms with E-state index >= 15 is 0 Å². The minimum absolute atomic E-state index is 0.274. The van der Waals surface area contributed by atoms with E-state index in [0.717, 1.165) is 17.9 Å². The van der Waals surface area contributed by atoms with E-state index in [0.29, 0.717) is 0 Å². The van der Waals surface area contributed by atoms with Crippen LogP contribution >= 0.6 is 0 Å². The third-order valence-corrected chi connectivity index (χ3v) is 3.14. The minimum Gasteiger partial charge on any atom is -0.207 e. The van der Waals surface area contributed by atoms with Gasteiger partial charge in [0, 0.05) is 0 Å². The Kier molecular flexibility index (Phi) is 5.38. The molecule has 0 saturated heterocycles. The first-order valence-corrected chi connectivity index (χ1v) is 5.90. The van der Waals surface area contributed by atoms with Gasteiger partial charge < -0.3 is 0 Å². The average molecular weight is 208 g/mol. The molecule has 1 fully saturated rings. The number of halogens is 1. The van der Waals surface area contributed by atoms with Crippen LogP contribution in [0.3, 0.4) is 0 Å². The molecular formula is C14H21F. The normalized spacial score (nSPS) is 18.9. The van der Waals surface area contributed by atoms with Gasteiger partial charge in [-0.3, -0.25) is 0 Å². The van der Waals surface area contributed by atoms with Crippen molar-refractivity contribution in [3.05, 3.63) is 36.7 Å². The molecule has 0 amide bonds. The molecule has 0 spiro atoms. The summed E-state index contributed by atoms with van der Waals surface area (Å²) in [5.74, 6) is 0.569. The molecule has 1 rings (SSSR count). The van der Waals surface area contributed by atoms with Gasteiger partial charge >= 0.3 is 0 Å². The SMILES string of the molecule is C=C/C(F)=C\C(=C)CCC1CCCCC1. The molecular weight excluding hydrogens is 187 g/mol. The Morgan fingerprint density at radius 3 is 2.53 bits per heavy atom. The van der Waals surface area contributed by atoms with Crippen molar-refractivity contribution >= 4 is 0 Å². The summed E-state index contributed by atoms with van der Waals surface area (Å²) >= 11 is 0. The van der Waals surface area contributed by atoms with Gasteiger partial charge in [-0.25, -0.2) is 4.39 Å². The lowest BCUT2D eigenvalue weighted by Gasteiger charge is -2.21. The highest BCUT2D eigenvalue weighted by molar-refractivity contribution is 5.22. The number of hydrogen-bond acceptors (Lipinski definition) is 0. The Hall–Kier alpha value is -0.850. The molecule has 0 unspecified atom stereocenters. The van der Waals surface area contributed by atoms with E-state index in [9.17, 15) is 4.39 Å². The van der Waals surface area contributed by atoms with Gasteiger partial charge in [0.05, 0.1) is 0 Å². The summed E-state index contributed by atoms with van der Waals surface area (Å²) in [4.78, 5) is 0. The first-order valence-electron chi connectivity index (χ1n) is 5.90.